The number of fused-ring (bicyclic) bond motifs is 1. The third kappa shape index (κ3) is 3.91. The highest BCUT2D eigenvalue weighted by molar-refractivity contribution is 6.44. The number of nitrogens with zero attached hydrogens (tertiary/aromatic N) is 1. The highest BCUT2D eigenvalue weighted by Gasteiger charge is 2.35. The molecule has 2 aromatic carbocycles. The number of amides is 4. The molecule has 0 spiro atoms. The molecule has 1 aliphatic rings. The predicted octanol–water partition coefficient (Wildman–Crippen LogP) is 4.89. The molecule has 0 saturated carbocycles. The van der Waals surface area contributed by atoms with Crippen molar-refractivity contribution in [3.63, 3.8) is 0 Å². The number of anilines is 2. The lowest BCUT2D eigenvalue weighted by Gasteiger charge is -2.15. The first-order chi connectivity index (χ1) is 12.8. The Hall–Kier alpha value is -2.57. The molecule has 2 aromatic rings. The first kappa shape index (κ1) is 19.2. The number of carbonyl (C=O) groups excluding carboxylic acids is 3. The van der Waals surface area contributed by atoms with Gasteiger partial charge in [-0.3, -0.25) is 14.5 Å². The average molecular weight is 406 g/mol. The van der Waals surface area contributed by atoms with Crippen LogP contribution in [0.3, 0.4) is 0 Å². The summed E-state index contributed by atoms with van der Waals surface area (Å²) in [5, 5.41) is 5.77. The topological polar surface area (TPSA) is 78.5 Å². The molecule has 0 unspecified atom stereocenters. The van der Waals surface area contributed by atoms with Crippen LogP contribution in [-0.2, 0) is 0 Å². The van der Waals surface area contributed by atoms with Crippen molar-refractivity contribution in [3.8, 4) is 0 Å². The fourth-order valence-corrected chi connectivity index (χ4v) is 3.13. The van der Waals surface area contributed by atoms with E-state index in [4.69, 9.17) is 23.2 Å². The zero-order valence-corrected chi connectivity index (χ0v) is 16.2. The van der Waals surface area contributed by atoms with Crippen LogP contribution >= 0.6 is 23.2 Å². The summed E-state index contributed by atoms with van der Waals surface area (Å²) in [5.41, 5.74) is 1.36. The molecule has 2 N–H and O–H groups in total. The standard InChI is InChI=1S/C19H17Cl2N3O3/c1-10(2)9-24-17(25)12-7-6-11(8-13(12)18(24)26)22-19(27)23-15-5-3-4-14(20)16(15)21/h3-8,10H,9H2,1-2H3,(H2,22,23,27). The van der Waals surface area contributed by atoms with Crippen LogP contribution < -0.4 is 10.6 Å². The summed E-state index contributed by atoms with van der Waals surface area (Å²) < 4.78 is 0. The molecule has 27 heavy (non-hydrogen) atoms. The Balaban J connectivity index is 1.76. The lowest BCUT2D eigenvalue weighted by atomic mass is 10.1. The second kappa shape index (κ2) is 7.58. The minimum Gasteiger partial charge on any atom is -0.308 e. The summed E-state index contributed by atoms with van der Waals surface area (Å²) in [6.45, 7) is 4.21. The van der Waals surface area contributed by atoms with Gasteiger partial charge in [0.15, 0.2) is 0 Å². The third-order valence-electron chi connectivity index (χ3n) is 3.98. The van der Waals surface area contributed by atoms with Gasteiger partial charge in [0.1, 0.15) is 0 Å². The van der Waals surface area contributed by atoms with Gasteiger partial charge >= 0.3 is 6.03 Å². The minimum absolute atomic E-state index is 0.165. The highest BCUT2D eigenvalue weighted by atomic mass is 35.5. The van der Waals surface area contributed by atoms with Crippen LogP contribution in [0.1, 0.15) is 34.6 Å². The first-order valence-corrected chi connectivity index (χ1v) is 9.05. The summed E-state index contributed by atoms with van der Waals surface area (Å²) in [5.74, 6) is -0.505. The Labute approximate surface area is 166 Å². The van der Waals surface area contributed by atoms with Gasteiger partial charge in [-0.2, -0.15) is 0 Å². The van der Waals surface area contributed by atoms with Gasteiger partial charge in [0.25, 0.3) is 11.8 Å². The first-order valence-electron chi connectivity index (χ1n) is 8.30. The molecule has 8 heteroatoms. The zero-order chi connectivity index (χ0) is 19.7. The van der Waals surface area contributed by atoms with E-state index in [0.717, 1.165) is 0 Å². The fraction of sp³-hybridized carbons (Fsp3) is 0.211. The summed E-state index contributed by atoms with van der Waals surface area (Å²) in [7, 11) is 0. The van der Waals surface area contributed by atoms with Gasteiger partial charge in [0.05, 0.1) is 26.9 Å². The van der Waals surface area contributed by atoms with Crippen molar-refractivity contribution >= 4 is 52.4 Å². The summed E-state index contributed by atoms with van der Waals surface area (Å²) in [6, 6.07) is 8.94. The van der Waals surface area contributed by atoms with Crippen molar-refractivity contribution in [1.82, 2.24) is 4.90 Å². The number of benzene rings is 2. The van der Waals surface area contributed by atoms with E-state index in [1.165, 1.54) is 17.0 Å². The van der Waals surface area contributed by atoms with Crippen LogP contribution in [0.15, 0.2) is 36.4 Å². The maximum atomic E-state index is 12.5. The van der Waals surface area contributed by atoms with Crippen LogP contribution in [0.2, 0.25) is 10.0 Å². The molecule has 4 amide bonds. The molecule has 1 aliphatic heterocycles. The van der Waals surface area contributed by atoms with E-state index >= 15 is 0 Å². The molecule has 0 radical (unpaired) electrons. The number of halogens is 2. The van der Waals surface area contributed by atoms with Crippen molar-refractivity contribution in [2.45, 2.75) is 13.8 Å². The lowest BCUT2D eigenvalue weighted by molar-refractivity contribution is 0.0636. The van der Waals surface area contributed by atoms with E-state index in [0.29, 0.717) is 28.5 Å². The maximum Gasteiger partial charge on any atom is 0.323 e. The molecule has 0 aliphatic carbocycles. The van der Waals surface area contributed by atoms with E-state index < -0.39 is 6.03 Å². The van der Waals surface area contributed by atoms with E-state index in [1.807, 2.05) is 13.8 Å². The number of rotatable bonds is 4. The summed E-state index contributed by atoms with van der Waals surface area (Å²) in [4.78, 5) is 38.3. The second-order valence-corrected chi connectivity index (χ2v) is 7.34. The van der Waals surface area contributed by atoms with Gasteiger partial charge in [-0.15, -0.1) is 0 Å². The van der Waals surface area contributed by atoms with Crippen molar-refractivity contribution in [2.75, 3.05) is 17.2 Å². The van der Waals surface area contributed by atoms with Crippen LogP contribution in [-0.4, -0.2) is 29.3 Å². The van der Waals surface area contributed by atoms with Crippen LogP contribution in [0.25, 0.3) is 0 Å². The smallest absolute Gasteiger partial charge is 0.308 e. The van der Waals surface area contributed by atoms with Gasteiger partial charge in [-0.25, -0.2) is 4.79 Å². The Kier molecular flexibility index (Phi) is 5.39. The van der Waals surface area contributed by atoms with Gasteiger partial charge < -0.3 is 10.6 Å². The van der Waals surface area contributed by atoms with Crippen molar-refractivity contribution < 1.29 is 14.4 Å². The quantitative estimate of drug-likeness (QED) is 0.710. The van der Waals surface area contributed by atoms with Crippen LogP contribution in [0.4, 0.5) is 16.2 Å². The van der Waals surface area contributed by atoms with E-state index in [1.54, 1.807) is 24.3 Å². The number of urea groups is 1. The number of imide groups is 1. The van der Waals surface area contributed by atoms with Crippen LogP contribution in [0, 0.1) is 5.92 Å². The van der Waals surface area contributed by atoms with E-state index in [-0.39, 0.29) is 28.3 Å². The maximum absolute atomic E-state index is 12.5. The Morgan fingerprint density at radius 3 is 2.44 bits per heavy atom. The molecule has 1 heterocycles. The normalized spacial score (nSPS) is 13.1. The molecular weight excluding hydrogens is 389 g/mol. The van der Waals surface area contributed by atoms with Crippen molar-refractivity contribution in [3.05, 3.63) is 57.6 Å². The minimum atomic E-state index is -0.546. The highest BCUT2D eigenvalue weighted by Crippen LogP contribution is 2.30. The summed E-state index contributed by atoms with van der Waals surface area (Å²) in [6.07, 6.45) is 0. The fourth-order valence-electron chi connectivity index (χ4n) is 2.78. The third-order valence-corrected chi connectivity index (χ3v) is 4.79. The van der Waals surface area contributed by atoms with Crippen LogP contribution in [0.5, 0.6) is 0 Å². The van der Waals surface area contributed by atoms with E-state index in [2.05, 4.69) is 10.6 Å². The monoisotopic (exact) mass is 405 g/mol. The molecule has 0 atom stereocenters. The molecular formula is C19H17Cl2N3O3. The Morgan fingerprint density at radius 1 is 1.04 bits per heavy atom. The number of hydrogen-bond donors (Lipinski definition) is 2. The van der Waals surface area contributed by atoms with Gasteiger partial charge in [0.2, 0.25) is 0 Å². The molecule has 140 valence electrons. The molecule has 6 nitrogen and oxygen atoms in total. The van der Waals surface area contributed by atoms with Gasteiger partial charge in [-0.1, -0.05) is 43.1 Å². The van der Waals surface area contributed by atoms with Gasteiger partial charge in [0, 0.05) is 12.2 Å². The average Bonchev–Trinajstić information content (AvgIpc) is 2.83. The molecule has 0 saturated heterocycles. The van der Waals surface area contributed by atoms with Crippen molar-refractivity contribution in [1.29, 1.82) is 0 Å². The lowest BCUT2D eigenvalue weighted by Crippen LogP contribution is -2.33. The molecule has 0 bridgehead atoms. The largest absolute Gasteiger partial charge is 0.323 e. The number of nitrogens with one attached hydrogen (secondary N) is 2. The zero-order valence-electron chi connectivity index (χ0n) is 14.7. The SMILES string of the molecule is CC(C)CN1C(=O)c2ccc(NC(=O)Nc3cccc(Cl)c3Cl)cc2C1=O. The van der Waals surface area contributed by atoms with Crippen molar-refractivity contribution in [2.24, 2.45) is 5.92 Å². The second-order valence-electron chi connectivity index (χ2n) is 6.56. The molecule has 0 fully saturated rings. The molecule has 3 rings (SSSR count). The predicted molar refractivity (Wildman–Crippen MR) is 106 cm³/mol. The number of hydrogen-bond acceptors (Lipinski definition) is 3. The Morgan fingerprint density at radius 2 is 1.74 bits per heavy atom. The van der Waals surface area contributed by atoms with E-state index in [9.17, 15) is 14.4 Å². The molecule has 0 aromatic heterocycles. The number of carbonyl (C=O) groups is 3. The summed E-state index contributed by atoms with van der Waals surface area (Å²) >= 11 is 12.0. The Bertz CT molecular complexity index is 944. The van der Waals surface area contributed by atoms with Gasteiger partial charge in [-0.05, 0) is 36.2 Å².